The first-order chi connectivity index (χ1) is 13.2. The molecule has 6 rings (SSSR count). The van der Waals surface area contributed by atoms with Crippen LogP contribution in [0.2, 0.25) is 0 Å². The number of hydrogen-bond acceptors (Lipinski definition) is 6. The summed E-state index contributed by atoms with van der Waals surface area (Å²) in [5.74, 6) is 3.34. The van der Waals surface area contributed by atoms with Gasteiger partial charge >= 0.3 is 0 Å². The van der Waals surface area contributed by atoms with Crippen LogP contribution in [0.4, 0.5) is 0 Å². The molecule has 0 aromatic carbocycles. The number of hydrogen-bond donors (Lipinski definition) is 0. The van der Waals surface area contributed by atoms with E-state index in [0.717, 1.165) is 24.8 Å². The molecule has 0 spiro atoms. The maximum Gasteiger partial charge on any atom is 0.147 e. The lowest BCUT2D eigenvalue weighted by Crippen LogP contribution is -2.66. The normalized spacial score (nSPS) is 57.3. The molecular formula is C21H33NO5. The summed E-state index contributed by atoms with van der Waals surface area (Å²) < 4.78 is 29.8. The number of nitrogens with zero attached hydrogens (tertiary/aromatic N) is 1. The lowest BCUT2D eigenvalue weighted by molar-refractivity contribution is -0.169. The molecular weight excluding hydrogens is 346 g/mol. The van der Waals surface area contributed by atoms with Gasteiger partial charge in [-0.2, -0.15) is 0 Å². The molecule has 0 radical (unpaired) electrons. The van der Waals surface area contributed by atoms with Crippen molar-refractivity contribution in [3.05, 3.63) is 0 Å². The van der Waals surface area contributed by atoms with Gasteiger partial charge in [0, 0.05) is 32.0 Å². The Labute approximate surface area is 161 Å². The van der Waals surface area contributed by atoms with Crippen molar-refractivity contribution in [1.82, 2.24) is 4.90 Å². The Morgan fingerprint density at radius 2 is 1.59 bits per heavy atom. The number of methoxy groups -OCH3 is 1. The Bertz CT molecular complexity index is 575. The Hall–Kier alpha value is -0.240. The van der Waals surface area contributed by atoms with Gasteiger partial charge in [0.15, 0.2) is 0 Å². The smallest absolute Gasteiger partial charge is 0.147 e. The fourth-order valence-electron chi connectivity index (χ4n) is 7.94. The highest BCUT2D eigenvalue weighted by Gasteiger charge is 2.59. The number of likely N-dealkylation sites (tertiary alicyclic amines) is 1. The second-order valence-electron chi connectivity index (χ2n) is 9.80. The first kappa shape index (κ1) is 17.6. The monoisotopic (exact) mass is 379 g/mol. The third kappa shape index (κ3) is 2.60. The molecule has 11 unspecified atom stereocenters. The van der Waals surface area contributed by atoms with Crippen LogP contribution in [-0.4, -0.2) is 75.7 Å². The van der Waals surface area contributed by atoms with E-state index in [9.17, 15) is 0 Å². The second kappa shape index (κ2) is 6.64. The van der Waals surface area contributed by atoms with Crippen LogP contribution < -0.4 is 0 Å². The molecule has 0 amide bonds. The molecule has 3 aliphatic heterocycles. The van der Waals surface area contributed by atoms with Crippen molar-refractivity contribution in [1.29, 1.82) is 0 Å². The van der Waals surface area contributed by atoms with Crippen LogP contribution >= 0.6 is 0 Å². The van der Waals surface area contributed by atoms with Crippen molar-refractivity contribution in [2.75, 3.05) is 34.3 Å². The molecule has 6 heteroatoms. The van der Waals surface area contributed by atoms with Crippen LogP contribution in [-0.2, 0) is 23.7 Å². The molecule has 152 valence electrons. The maximum absolute atomic E-state index is 6.07. The van der Waals surface area contributed by atoms with Gasteiger partial charge in [0.2, 0.25) is 0 Å². The van der Waals surface area contributed by atoms with Crippen molar-refractivity contribution in [3.8, 4) is 0 Å². The molecule has 0 bridgehead atoms. The Morgan fingerprint density at radius 1 is 0.815 bits per heavy atom. The Balaban J connectivity index is 1.30. The van der Waals surface area contributed by atoms with E-state index in [2.05, 4.69) is 11.9 Å². The zero-order valence-electron chi connectivity index (χ0n) is 16.5. The summed E-state index contributed by atoms with van der Waals surface area (Å²) in [6.07, 6.45) is 7.43. The van der Waals surface area contributed by atoms with Crippen LogP contribution in [0.3, 0.4) is 0 Å². The van der Waals surface area contributed by atoms with E-state index in [1.54, 1.807) is 0 Å². The van der Waals surface area contributed by atoms with Gasteiger partial charge in [-0.15, -0.1) is 0 Å². The van der Waals surface area contributed by atoms with E-state index in [1.807, 2.05) is 7.11 Å². The van der Waals surface area contributed by atoms with Crippen LogP contribution in [0, 0.1) is 29.6 Å². The van der Waals surface area contributed by atoms with Gasteiger partial charge in [0.1, 0.15) is 13.6 Å². The van der Waals surface area contributed by atoms with Crippen molar-refractivity contribution >= 4 is 0 Å². The molecule has 6 fully saturated rings. The van der Waals surface area contributed by atoms with E-state index in [4.69, 9.17) is 23.7 Å². The lowest BCUT2D eigenvalue weighted by Gasteiger charge is -2.60. The summed E-state index contributed by atoms with van der Waals surface area (Å²) in [4.78, 5) is 2.66. The van der Waals surface area contributed by atoms with Gasteiger partial charge in [-0.1, -0.05) is 0 Å². The predicted molar refractivity (Wildman–Crippen MR) is 97.0 cm³/mol. The molecule has 3 heterocycles. The zero-order chi connectivity index (χ0) is 18.1. The highest BCUT2D eigenvalue weighted by Crippen LogP contribution is 2.55. The lowest BCUT2D eigenvalue weighted by atomic mass is 9.54. The van der Waals surface area contributed by atoms with Gasteiger partial charge in [0.05, 0.1) is 30.5 Å². The minimum atomic E-state index is 0.219. The van der Waals surface area contributed by atoms with Crippen LogP contribution in [0.25, 0.3) is 0 Å². The summed E-state index contributed by atoms with van der Waals surface area (Å²) in [5, 5.41) is 0. The Morgan fingerprint density at radius 3 is 2.44 bits per heavy atom. The third-order valence-corrected chi connectivity index (χ3v) is 8.90. The van der Waals surface area contributed by atoms with E-state index in [1.165, 1.54) is 25.7 Å². The van der Waals surface area contributed by atoms with E-state index in [-0.39, 0.29) is 12.2 Å². The molecule has 0 aromatic heterocycles. The van der Waals surface area contributed by atoms with E-state index in [0.29, 0.717) is 55.7 Å². The summed E-state index contributed by atoms with van der Waals surface area (Å²) in [6.45, 7) is 2.05. The van der Waals surface area contributed by atoms with Gasteiger partial charge < -0.3 is 28.6 Å². The van der Waals surface area contributed by atoms with Crippen molar-refractivity contribution in [3.63, 3.8) is 0 Å². The van der Waals surface area contributed by atoms with Crippen LogP contribution in [0.5, 0.6) is 0 Å². The molecule has 6 aliphatic rings. The third-order valence-electron chi connectivity index (χ3n) is 8.90. The SMILES string of the molecule is COC1CC2OCOC2C2CN(C)C3C4CC5OCOC5CC4CCC3C12. The molecule has 6 nitrogen and oxygen atoms in total. The van der Waals surface area contributed by atoms with Crippen molar-refractivity contribution < 1.29 is 23.7 Å². The number of fused-ring (bicyclic) bond motifs is 8. The highest BCUT2D eigenvalue weighted by molar-refractivity contribution is 5.09. The fourth-order valence-corrected chi connectivity index (χ4v) is 7.94. The quantitative estimate of drug-likeness (QED) is 0.693. The summed E-state index contributed by atoms with van der Waals surface area (Å²) in [5.41, 5.74) is 0. The molecule has 3 saturated heterocycles. The first-order valence-electron chi connectivity index (χ1n) is 10.9. The first-order valence-corrected chi connectivity index (χ1v) is 10.9. The van der Waals surface area contributed by atoms with Gasteiger partial charge in [0.25, 0.3) is 0 Å². The largest absolute Gasteiger partial charge is 0.381 e. The number of piperidine rings is 1. The average molecular weight is 379 g/mol. The fraction of sp³-hybridized carbons (Fsp3) is 1.00. The minimum Gasteiger partial charge on any atom is -0.381 e. The van der Waals surface area contributed by atoms with Gasteiger partial charge in [-0.25, -0.2) is 0 Å². The number of ether oxygens (including phenoxy) is 5. The maximum atomic E-state index is 6.07. The summed E-state index contributed by atoms with van der Waals surface area (Å²) in [7, 11) is 4.24. The highest BCUT2D eigenvalue weighted by atomic mass is 16.7. The van der Waals surface area contributed by atoms with Gasteiger partial charge in [-0.05, 0) is 56.4 Å². The molecule has 0 aromatic rings. The van der Waals surface area contributed by atoms with Crippen molar-refractivity contribution in [2.45, 2.75) is 68.7 Å². The molecule has 11 atom stereocenters. The molecule has 0 N–H and O–H groups in total. The van der Waals surface area contributed by atoms with Crippen LogP contribution in [0.15, 0.2) is 0 Å². The standard InChI is InChI=1S/C21H33NO5/c1-22-8-14-19(17(23-2)7-18-21(14)27-10-26-18)12-4-3-11-5-15-16(25-9-24-15)6-13(11)20(12)22/h11-21H,3-10H2,1-2H3. The van der Waals surface area contributed by atoms with E-state index >= 15 is 0 Å². The molecule has 27 heavy (non-hydrogen) atoms. The van der Waals surface area contributed by atoms with Gasteiger partial charge in [-0.3, -0.25) is 0 Å². The average Bonchev–Trinajstić information content (AvgIpc) is 3.33. The molecule has 3 saturated carbocycles. The second-order valence-corrected chi connectivity index (χ2v) is 9.80. The van der Waals surface area contributed by atoms with Crippen molar-refractivity contribution in [2.24, 2.45) is 29.6 Å². The summed E-state index contributed by atoms with van der Waals surface area (Å²) >= 11 is 0. The predicted octanol–water partition coefficient (Wildman–Crippen LogP) is 1.87. The number of rotatable bonds is 1. The van der Waals surface area contributed by atoms with Crippen LogP contribution in [0.1, 0.15) is 32.1 Å². The topological polar surface area (TPSA) is 49.4 Å². The summed E-state index contributed by atoms with van der Waals surface area (Å²) in [6, 6.07) is 0.645. The van der Waals surface area contributed by atoms with E-state index < -0.39 is 0 Å². The zero-order valence-corrected chi connectivity index (χ0v) is 16.5. The Kier molecular flexibility index (Phi) is 4.33. The minimum absolute atomic E-state index is 0.219. The molecule has 3 aliphatic carbocycles.